The molecule has 2 aromatic carbocycles. The molecule has 5 rings (SSSR count). The Kier molecular flexibility index (Phi) is 6.09. The first kappa shape index (κ1) is 22.2. The summed E-state index contributed by atoms with van der Waals surface area (Å²) in [7, 11) is 1.68. The van der Waals surface area contributed by atoms with Crippen molar-refractivity contribution >= 4 is 11.9 Å². The lowest BCUT2D eigenvalue weighted by molar-refractivity contribution is 0.140. The molecule has 0 unspecified atom stereocenters. The van der Waals surface area contributed by atoms with Gasteiger partial charge in [0, 0.05) is 19.2 Å². The van der Waals surface area contributed by atoms with E-state index in [2.05, 4.69) is 33.2 Å². The van der Waals surface area contributed by atoms with Crippen molar-refractivity contribution in [1.29, 1.82) is 0 Å². The molecule has 2 aliphatic heterocycles. The van der Waals surface area contributed by atoms with Crippen LogP contribution in [0.1, 0.15) is 47.7 Å². The fourth-order valence-electron chi connectivity index (χ4n) is 4.88. The van der Waals surface area contributed by atoms with Gasteiger partial charge in [-0.2, -0.15) is 0 Å². The Bertz CT molecular complexity index is 1240. The SMILES string of the molecule is COc1cc(/C=C2\CCCN3C2=NOCC[C@@H]3c2cc(C)cc(F)c2)ccc1-n1cnc(C)c1. The molecule has 2 aliphatic rings. The lowest BCUT2D eigenvalue weighted by atomic mass is 9.94. The van der Waals surface area contributed by atoms with Crippen molar-refractivity contribution in [2.45, 2.75) is 39.2 Å². The molecule has 176 valence electrons. The van der Waals surface area contributed by atoms with E-state index in [0.717, 1.165) is 71.0 Å². The molecule has 1 fully saturated rings. The van der Waals surface area contributed by atoms with E-state index in [1.807, 2.05) is 36.7 Å². The summed E-state index contributed by atoms with van der Waals surface area (Å²) in [6.07, 6.45) is 8.57. The highest BCUT2D eigenvalue weighted by molar-refractivity contribution is 6.02. The van der Waals surface area contributed by atoms with E-state index >= 15 is 0 Å². The smallest absolute Gasteiger partial charge is 0.171 e. The number of ether oxygens (including phenoxy) is 1. The van der Waals surface area contributed by atoms with Crippen molar-refractivity contribution in [2.24, 2.45) is 5.16 Å². The van der Waals surface area contributed by atoms with E-state index in [9.17, 15) is 4.39 Å². The number of hydrogen-bond donors (Lipinski definition) is 0. The second-order valence-electron chi connectivity index (χ2n) is 8.93. The Morgan fingerprint density at radius 3 is 2.82 bits per heavy atom. The molecule has 0 N–H and O–H groups in total. The fraction of sp³-hybridized carbons (Fsp3) is 0.333. The number of rotatable bonds is 4. The number of methoxy groups -OCH3 is 1. The number of aromatic nitrogens is 2. The van der Waals surface area contributed by atoms with Gasteiger partial charge in [0.05, 0.1) is 30.9 Å². The molecule has 1 aromatic heterocycles. The van der Waals surface area contributed by atoms with Gasteiger partial charge in [-0.15, -0.1) is 0 Å². The minimum atomic E-state index is -0.202. The summed E-state index contributed by atoms with van der Waals surface area (Å²) in [5.41, 5.74) is 5.92. The third kappa shape index (κ3) is 4.42. The molecule has 0 saturated carbocycles. The summed E-state index contributed by atoms with van der Waals surface area (Å²) in [5, 5.41) is 4.49. The molecule has 3 aromatic rings. The van der Waals surface area contributed by atoms with Gasteiger partial charge in [0.2, 0.25) is 0 Å². The minimum absolute atomic E-state index is 0.0285. The van der Waals surface area contributed by atoms with Crippen LogP contribution in [0, 0.1) is 19.7 Å². The molecular weight excluding hydrogens is 431 g/mol. The molecule has 0 radical (unpaired) electrons. The third-order valence-corrected chi connectivity index (χ3v) is 6.40. The summed E-state index contributed by atoms with van der Waals surface area (Å²) < 4.78 is 21.8. The first-order valence-electron chi connectivity index (χ1n) is 11.7. The van der Waals surface area contributed by atoms with E-state index in [-0.39, 0.29) is 11.9 Å². The Labute approximate surface area is 199 Å². The van der Waals surface area contributed by atoms with Crippen molar-refractivity contribution in [3.8, 4) is 11.4 Å². The van der Waals surface area contributed by atoms with Crippen LogP contribution in [0.15, 0.2) is 59.7 Å². The van der Waals surface area contributed by atoms with Crippen molar-refractivity contribution in [3.05, 3.63) is 82.7 Å². The summed E-state index contributed by atoms with van der Waals surface area (Å²) in [4.78, 5) is 12.2. The van der Waals surface area contributed by atoms with E-state index < -0.39 is 0 Å². The quantitative estimate of drug-likeness (QED) is 0.509. The average molecular weight is 461 g/mol. The van der Waals surface area contributed by atoms with E-state index in [4.69, 9.17) is 9.57 Å². The monoisotopic (exact) mass is 460 g/mol. The lowest BCUT2D eigenvalue weighted by Crippen LogP contribution is -2.39. The van der Waals surface area contributed by atoms with Gasteiger partial charge in [-0.05, 0) is 79.3 Å². The Morgan fingerprint density at radius 1 is 1.18 bits per heavy atom. The van der Waals surface area contributed by atoms with Gasteiger partial charge in [0.15, 0.2) is 5.84 Å². The number of halogens is 1. The van der Waals surface area contributed by atoms with Crippen LogP contribution >= 0.6 is 0 Å². The van der Waals surface area contributed by atoms with Crippen molar-refractivity contribution in [1.82, 2.24) is 14.5 Å². The number of nitrogens with zero attached hydrogens (tertiary/aromatic N) is 4. The van der Waals surface area contributed by atoms with Gasteiger partial charge in [-0.3, -0.25) is 0 Å². The molecular formula is C27H29FN4O2. The van der Waals surface area contributed by atoms with E-state index in [0.29, 0.717) is 6.61 Å². The molecule has 1 saturated heterocycles. The largest absolute Gasteiger partial charge is 0.495 e. The maximum atomic E-state index is 14.2. The van der Waals surface area contributed by atoms with Crippen molar-refractivity contribution in [3.63, 3.8) is 0 Å². The van der Waals surface area contributed by atoms with Gasteiger partial charge >= 0.3 is 0 Å². The van der Waals surface area contributed by atoms with Gasteiger partial charge in [0.25, 0.3) is 0 Å². The third-order valence-electron chi connectivity index (χ3n) is 6.40. The van der Waals surface area contributed by atoms with Crippen LogP contribution < -0.4 is 4.74 Å². The van der Waals surface area contributed by atoms with Gasteiger partial charge < -0.3 is 19.0 Å². The Hall–Kier alpha value is -3.61. The van der Waals surface area contributed by atoms with Crippen LogP contribution in [0.5, 0.6) is 5.75 Å². The van der Waals surface area contributed by atoms with Crippen molar-refractivity contribution < 1.29 is 14.0 Å². The predicted molar refractivity (Wildman–Crippen MR) is 131 cm³/mol. The molecule has 1 atom stereocenters. The molecule has 6 nitrogen and oxygen atoms in total. The number of aryl methyl sites for hydroxylation is 2. The van der Waals surface area contributed by atoms with Crippen LogP contribution in [-0.4, -0.2) is 40.5 Å². The topological polar surface area (TPSA) is 51.9 Å². The van der Waals surface area contributed by atoms with Crippen molar-refractivity contribution in [2.75, 3.05) is 20.3 Å². The Morgan fingerprint density at radius 2 is 2.06 bits per heavy atom. The van der Waals surface area contributed by atoms with Crippen LogP contribution in [0.2, 0.25) is 0 Å². The Balaban J connectivity index is 1.48. The molecule has 0 amide bonds. The molecule has 3 heterocycles. The zero-order chi connectivity index (χ0) is 23.7. The van der Waals surface area contributed by atoms with Gasteiger partial charge in [-0.25, -0.2) is 9.37 Å². The fourth-order valence-corrected chi connectivity index (χ4v) is 4.88. The molecule has 0 spiro atoms. The zero-order valence-electron chi connectivity index (χ0n) is 19.8. The normalized spacial score (nSPS) is 19.3. The summed E-state index contributed by atoms with van der Waals surface area (Å²) in [6.45, 7) is 5.26. The predicted octanol–water partition coefficient (Wildman–Crippen LogP) is 5.59. The van der Waals surface area contributed by atoms with Crippen LogP contribution in [0.4, 0.5) is 4.39 Å². The number of amidine groups is 1. The second kappa shape index (κ2) is 9.33. The highest BCUT2D eigenvalue weighted by atomic mass is 19.1. The molecule has 0 aliphatic carbocycles. The number of imidazole rings is 1. The second-order valence-corrected chi connectivity index (χ2v) is 8.93. The number of hydrogen-bond acceptors (Lipinski definition) is 5. The highest BCUT2D eigenvalue weighted by Gasteiger charge is 2.31. The summed E-state index contributed by atoms with van der Waals surface area (Å²) >= 11 is 0. The summed E-state index contributed by atoms with van der Waals surface area (Å²) in [6, 6.07) is 11.4. The van der Waals surface area contributed by atoms with Crippen LogP contribution in [-0.2, 0) is 4.84 Å². The average Bonchev–Trinajstić information content (AvgIpc) is 3.12. The number of oxime groups is 1. The minimum Gasteiger partial charge on any atom is -0.495 e. The van der Waals surface area contributed by atoms with Crippen LogP contribution in [0.25, 0.3) is 11.8 Å². The van der Waals surface area contributed by atoms with Gasteiger partial charge in [-0.1, -0.05) is 17.3 Å². The van der Waals surface area contributed by atoms with Crippen LogP contribution in [0.3, 0.4) is 0 Å². The molecule has 0 bridgehead atoms. The maximum Gasteiger partial charge on any atom is 0.171 e. The van der Waals surface area contributed by atoms with Gasteiger partial charge in [0.1, 0.15) is 18.2 Å². The number of fused-ring (bicyclic) bond motifs is 1. The maximum absolute atomic E-state index is 14.2. The molecule has 34 heavy (non-hydrogen) atoms. The highest BCUT2D eigenvalue weighted by Crippen LogP contribution is 2.35. The summed E-state index contributed by atoms with van der Waals surface area (Å²) in [5.74, 6) is 1.40. The van der Waals surface area contributed by atoms with E-state index in [1.54, 1.807) is 25.6 Å². The first-order chi connectivity index (χ1) is 16.5. The molecule has 7 heteroatoms. The standard InChI is InChI=1S/C27H29FN4O2/c1-18-11-22(15-23(28)12-18)24-8-10-34-30-27-21(5-4-9-32(24)27)13-20-6-7-25(26(14-20)33-3)31-16-19(2)29-17-31/h6-7,11-17,24H,4-5,8-10H2,1-3H3/b21-13+/t24-/m1/s1. The number of benzene rings is 2. The lowest BCUT2D eigenvalue weighted by Gasteiger charge is -2.36. The van der Waals surface area contributed by atoms with E-state index in [1.165, 1.54) is 0 Å². The first-order valence-corrected chi connectivity index (χ1v) is 11.7. The zero-order valence-corrected chi connectivity index (χ0v) is 19.8. The number of piperidine rings is 1.